The van der Waals surface area contributed by atoms with E-state index in [1.165, 1.54) is 6.33 Å². The summed E-state index contributed by atoms with van der Waals surface area (Å²) >= 11 is 6.07. The molecule has 0 fully saturated rings. The van der Waals surface area contributed by atoms with Crippen LogP contribution in [0.4, 0.5) is 0 Å². The summed E-state index contributed by atoms with van der Waals surface area (Å²) in [6, 6.07) is 0. The maximum atomic E-state index is 6.07. The molecule has 116 valence electrons. The number of hydrogen-bond acceptors (Lipinski definition) is 4. The number of halogens is 1. The predicted molar refractivity (Wildman–Crippen MR) is 84.6 cm³/mol. The molecule has 0 saturated carbocycles. The van der Waals surface area contributed by atoms with Crippen molar-refractivity contribution >= 4 is 22.8 Å². The first-order chi connectivity index (χ1) is 9.99. The molecular weight excluding hydrogens is 288 g/mol. The largest absolute Gasteiger partial charge is 0.479 e. The zero-order chi connectivity index (χ0) is 15.6. The highest BCUT2D eigenvalue weighted by molar-refractivity contribution is 6.16. The second kappa shape index (κ2) is 6.60. The van der Waals surface area contributed by atoms with Crippen LogP contribution in [-0.2, 0) is 12.4 Å². The number of imidazole rings is 1. The molecule has 21 heavy (non-hydrogen) atoms. The van der Waals surface area contributed by atoms with Gasteiger partial charge in [-0.1, -0.05) is 27.7 Å². The van der Waals surface area contributed by atoms with Crippen molar-refractivity contribution in [3.63, 3.8) is 0 Å². The fraction of sp³-hybridized carbons (Fsp3) is 0.667. The van der Waals surface area contributed by atoms with Crippen LogP contribution in [0.5, 0.6) is 5.88 Å². The minimum absolute atomic E-state index is 0.350. The Balaban J connectivity index is 2.51. The van der Waals surface area contributed by atoms with Crippen LogP contribution in [0.2, 0.25) is 0 Å². The second-order valence-corrected chi connectivity index (χ2v) is 6.25. The van der Waals surface area contributed by atoms with Gasteiger partial charge >= 0.3 is 0 Å². The number of ether oxygens (including phenoxy) is 1. The Morgan fingerprint density at radius 3 is 2.38 bits per heavy atom. The second-order valence-electron chi connectivity index (χ2n) is 5.98. The lowest BCUT2D eigenvalue weighted by Gasteiger charge is -2.26. The Kier molecular flexibility index (Phi) is 5.04. The molecule has 2 heterocycles. The van der Waals surface area contributed by atoms with Gasteiger partial charge in [-0.2, -0.15) is 4.98 Å². The zero-order valence-corrected chi connectivity index (χ0v) is 14.1. The molecule has 0 amide bonds. The summed E-state index contributed by atoms with van der Waals surface area (Å²) in [4.78, 5) is 13.0. The molecule has 6 heteroatoms. The summed E-state index contributed by atoms with van der Waals surface area (Å²) in [5.41, 5.74) is 1.48. The van der Waals surface area contributed by atoms with Gasteiger partial charge in [-0.3, -0.25) is 0 Å². The summed E-state index contributed by atoms with van der Waals surface area (Å²) in [6.07, 6.45) is 1.51. The summed E-state index contributed by atoms with van der Waals surface area (Å²) in [5.74, 6) is 3.35. The first-order valence-electron chi connectivity index (χ1n) is 7.29. The molecule has 0 radical (unpaired) electrons. The topological polar surface area (TPSA) is 52.8 Å². The predicted octanol–water partition coefficient (Wildman–Crippen LogP) is 3.50. The Bertz CT molecular complexity index is 601. The van der Waals surface area contributed by atoms with Gasteiger partial charge in [-0.25, -0.2) is 9.97 Å². The highest BCUT2D eigenvalue weighted by Gasteiger charge is 2.22. The van der Waals surface area contributed by atoms with Gasteiger partial charge in [0.25, 0.3) is 0 Å². The SMILES string of the molecule is COc1ncnc2c1nc(CCl)n2CC(C(C)C)C(C)C. The van der Waals surface area contributed by atoms with Crippen LogP contribution in [0.25, 0.3) is 11.2 Å². The standard InChI is InChI=1S/C15H23ClN4O/c1-9(2)11(10(3)4)7-20-12(6-16)19-13-14(20)17-8-18-15(13)21-5/h8-11H,6-7H2,1-5H3. The summed E-state index contributed by atoms with van der Waals surface area (Å²) < 4.78 is 7.38. The van der Waals surface area contributed by atoms with Crippen molar-refractivity contribution in [2.45, 2.75) is 40.1 Å². The van der Waals surface area contributed by atoms with E-state index in [4.69, 9.17) is 16.3 Å². The molecule has 0 aliphatic heterocycles. The Morgan fingerprint density at radius 2 is 1.86 bits per heavy atom. The minimum Gasteiger partial charge on any atom is -0.479 e. The number of aromatic nitrogens is 4. The summed E-state index contributed by atoms with van der Waals surface area (Å²) in [7, 11) is 1.59. The molecule has 0 bridgehead atoms. The van der Waals surface area contributed by atoms with E-state index in [9.17, 15) is 0 Å². The lowest BCUT2D eigenvalue weighted by molar-refractivity contribution is 0.252. The average molecular weight is 311 g/mol. The van der Waals surface area contributed by atoms with Gasteiger partial charge in [0.05, 0.1) is 13.0 Å². The van der Waals surface area contributed by atoms with Gasteiger partial charge in [-0.05, 0) is 17.8 Å². The zero-order valence-electron chi connectivity index (χ0n) is 13.3. The third-order valence-corrected chi connectivity index (χ3v) is 4.24. The molecule has 5 nitrogen and oxygen atoms in total. The molecule has 0 aliphatic rings. The van der Waals surface area contributed by atoms with Crippen molar-refractivity contribution in [2.24, 2.45) is 17.8 Å². The van der Waals surface area contributed by atoms with Crippen molar-refractivity contribution < 1.29 is 4.74 Å². The van der Waals surface area contributed by atoms with Crippen molar-refractivity contribution in [2.75, 3.05) is 7.11 Å². The number of nitrogens with zero attached hydrogens (tertiary/aromatic N) is 4. The molecule has 0 unspecified atom stereocenters. The Hall–Kier alpha value is -1.36. The smallest absolute Gasteiger partial charge is 0.245 e. The molecule has 0 saturated heterocycles. The third-order valence-electron chi connectivity index (χ3n) is 4.00. The van der Waals surface area contributed by atoms with Crippen LogP contribution < -0.4 is 4.74 Å². The van der Waals surface area contributed by atoms with E-state index < -0.39 is 0 Å². The molecular formula is C15H23ClN4O. The van der Waals surface area contributed by atoms with E-state index in [0.717, 1.165) is 18.0 Å². The molecule has 0 spiro atoms. The quantitative estimate of drug-likeness (QED) is 0.766. The van der Waals surface area contributed by atoms with Gasteiger partial charge in [-0.15, -0.1) is 11.6 Å². The van der Waals surface area contributed by atoms with Crippen LogP contribution in [0.3, 0.4) is 0 Å². The number of methoxy groups -OCH3 is 1. The number of rotatable bonds is 6. The molecule has 0 aromatic carbocycles. The Labute approximate surface area is 130 Å². The fourth-order valence-corrected chi connectivity index (χ4v) is 3.01. The normalized spacial score (nSPS) is 12.0. The van der Waals surface area contributed by atoms with E-state index in [-0.39, 0.29) is 0 Å². The van der Waals surface area contributed by atoms with Crippen LogP contribution in [0.15, 0.2) is 6.33 Å². The lowest BCUT2D eigenvalue weighted by Crippen LogP contribution is -2.23. The van der Waals surface area contributed by atoms with E-state index in [1.807, 2.05) is 0 Å². The van der Waals surface area contributed by atoms with Crippen molar-refractivity contribution in [1.29, 1.82) is 0 Å². The first kappa shape index (κ1) is 16.0. The van der Waals surface area contributed by atoms with E-state index in [1.54, 1.807) is 7.11 Å². The van der Waals surface area contributed by atoms with Crippen molar-refractivity contribution in [3.8, 4) is 5.88 Å². The average Bonchev–Trinajstić information content (AvgIpc) is 2.81. The van der Waals surface area contributed by atoms with Gasteiger partial charge in [0.2, 0.25) is 5.88 Å². The third kappa shape index (κ3) is 3.12. The van der Waals surface area contributed by atoms with Crippen LogP contribution in [0.1, 0.15) is 33.5 Å². The number of alkyl halides is 1. The molecule has 0 atom stereocenters. The number of hydrogen-bond donors (Lipinski definition) is 0. The molecule has 2 aromatic rings. The van der Waals surface area contributed by atoms with Gasteiger partial charge in [0.15, 0.2) is 11.2 Å². The molecule has 0 N–H and O–H groups in total. The molecule has 2 rings (SSSR count). The van der Waals surface area contributed by atoms with Crippen LogP contribution in [0, 0.1) is 17.8 Å². The maximum Gasteiger partial charge on any atom is 0.245 e. The van der Waals surface area contributed by atoms with Gasteiger partial charge < -0.3 is 9.30 Å². The van der Waals surface area contributed by atoms with Crippen LogP contribution in [-0.4, -0.2) is 26.6 Å². The lowest BCUT2D eigenvalue weighted by atomic mass is 9.85. The molecule has 0 aliphatic carbocycles. The van der Waals surface area contributed by atoms with E-state index in [0.29, 0.717) is 35.0 Å². The van der Waals surface area contributed by atoms with Gasteiger partial charge in [0.1, 0.15) is 12.2 Å². The van der Waals surface area contributed by atoms with Crippen LogP contribution >= 0.6 is 11.6 Å². The van der Waals surface area contributed by atoms with Gasteiger partial charge in [0, 0.05) is 6.54 Å². The fourth-order valence-electron chi connectivity index (χ4n) is 2.81. The van der Waals surface area contributed by atoms with E-state index in [2.05, 4.69) is 47.2 Å². The maximum absolute atomic E-state index is 6.07. The first-order valence-corrected chi connectivity index (χ1v) is 7.83. The monoisotopic (exact) mass is 310 g/mol. The summed E-state index contributed by atoms with van der Waals surface area (Å²) in [6.45, 7) is 9.85. The number of fused-ring (bicyclic) bond motifs is 1. The highest BCUT2D eigenvalue weighted by atomic mass is 35.5. The summed E-state index contributed by atoms with van der Waals surface area (Å²) in [5, 5.41) is 0. The van der Waals surface area contributed by atoms with Crippen molar-refractivity contribution in [3.05, 3.63) is 12.2 Å². The highest BCUT2D eigenvalue weighted by Crippen LogP contribution is 2.28. The molecule has 2 aromatic heterocycles. The minimum atomic E-state index is 0.350. The van der Waals surface area contributed by atoms with E-state index >= 15 is 0 Å². The Morgan fingerprint density at radius 1 is 1.19 bits per heavy atom. The van der Waals surface area contributed by atoms with Crippen molar-refractivity contribution in [1.82, 2.24) is 19.5 Å².